The number of nitrogens with one attached hydrogen (secondary N) is 1. The summed E-state index contributed by atoms with van der Waals surface area (Å²) in [5.41, 5.74) is -0.465. The van der Waals surface area contributed by atoms with Crippen LogP contribution in [0.1, 0.15) is 25.3 Å². The molecule has 0 bridgehead atoms. The standard InChI is InChI=1S/C17H25NO6/c1-17(11-22-2,16(20)21)18-15(19)7-5-6-12-8-9-13(23-3)10-14(12)24-4/h8-10H,5-7,11H2,1-4H3,(H,18,19)(H,20,21). The topological polar surface area (TPSA) is 94.1 Å². The van der Waals surface area contributed by atoms with Crippen molar-refractivity contribution in [1.29, 1.82) is 0 Å². The first-order valence-corrected chi connectivity index (χ1v) is 7.60. The van der Waals surface area contributed by atoms with Crippen LogP contribution >= 0.6 is 0 Å². The van der Waals surface area contributed by atoms with Gasteiger partial charge in [0.1, 0.15) is 11.5 Å². The van der Waals surface area contributed by atoms with E-state index in [1.54, 1.807) is 20.3 Å². The van der Waals surface area contributed by atoms with E-state index in [1.807, 2.05) is 12.1 Å². The molecule has 1 unspecified atom stereocenters. The molecule has 134 valence electrons. The lowest BCUT2D eigenvalue weighted by Crippen LogP contribution is -2.55. The van der Waals surface area contributed by atoms with Crippen molar-refractivity contribution < 1.29 is 28.9 Å². The first kappa shape index (κ1) is 19.8. The fraction of sp³-hybridized carbons (Fsp3) is 0.529. The van der Waals surface area contributed by atoms with Gasteiger partial charge in [-0.25, -0.2) is 4.79 Å². The zero-order valence-electron chi connectivity index (χ0n) is 14.5. The molecule has 0 aliphatic rings. The summed E-state index contributed by atoms with van der Waals surface area (Å²) >= 11 is 0. The average molecular weight is 339 g/mol. The summed E-state index contributed by atoms with van der Waals surface area (Å²) in [6.07, 6.45) is 1.41. The Balaban J connectivity index is 2.58. The Labute approximate surface area is 141 Å². The second-order valence-electron chi connectivity index (χ2n) is 5.65. The Morgan fingerprint density at radius 1 is 1.21 bits per heavy atom. The fourth-order valence-electron chi connectivity index (χ4n) is 2.31. The number of carboxylic acids is 1. The van der Waals surface area contributed by atoms with Gasteiger partial charge in [0.15, 0.2) is 5.54 Å². The summed E-state index contributed by atoms with van der Waals surface area (Å²) in [6, 6.07) is 5.51. The number of amides is 1. The van der Waals surface area contributed by atoms with Gasteiger partial charge in [-0.15, -0.1) is 0 Å². The van der Waals surface area contributed by atoms with Crippen LogP contribution in [0, 0.1) is 0 Å². The molecule has 1 atom stereocenters. The first-order chi connectivity index (χ1) is 11.4. The third kappa shape index (κ3) is 5.42. The highest BCUT2D eigenvalue weighted by molar-refractivity contribution is 5.86. The van der Waals surface area contributed by atoms with Crippen LogP contribution in [-0.4, -0.2) is 50.5 Å². The van der Waals surface area contributed by atoms with Crippen LogP contribution in [0.4, 0.5) is 0 Å². The van der Waals surface area contributed by atoms with Crippen molar-refractivity contribution in [1.82, 2.24) is 5.32 Å². The molecular formula is C17H25NO6. The number of hydrogen-bond acceptors (Lipinski definition) is 5. The summed E-state index contributed by atoms with van der Waals surface area (Å²) in [4.78, 5) is 23.3. The maximum atomic E-state index is 12.0. The number of benzene rings is 1. The van der Waals surface area contributed by atoms with E-state index in [4.69, 9.17) is 14.2 Å². The molecule has 24 heavy (non-hydrogen) atoms. The minimum atomic E-state index is -1.43. The third-order valence-electron chi connectivity index (χ3n) is 3.66. The molecular weight excluding hydrogens is 314 g/mol. The quantitative estimate of drug-likeness (QED) is 0.673. The van der Waals surface area contributed by atoms with Crippen molar-refractivity contribution >= 4 is 11.9 Å². The summed E-state index contributed by atoms with van der Waals surface area (Å²) in [5, 5.41) is 11.7. The molecule has 0 fully saturated rings. The van der Waals surface area contributed by atoms with Crippen LogP contribution in [0.5, 0.6) is 11.5 Å². The Morgan fingerprint density at radius 3 is 2.46 bits per heavy atom. The van der Waals surface area contributed by atoms with Crippen molar-refractivity contribution in [2.45, 2.75) is 31.7 Å². The highest BCUT2D eigenvalue weighted by Gasteiger charge is 2.34. The van der Waals surface area contributed by atoms with Gasteiger partial charge in [-0.1, -0.05) is 6.07 Å². The molecule has 1 aromatic rings. The maximum Gasteiger partial charge on any atom is 0.331 e. The lowest BCUT2D eigenvalue weighted by Gasteiger charge is -2.25. The van der Waals surface area contributed by atoms with Crippen LogP contribution in [-0.2, 0) is 20.7 Å². The molecule has 2 N–H and O–H groups in total. The second kappa shape index (κ2) is 9.12. The van der Waals surface area contributed by atoms with E-state index in [0.717, 1.165) is 5.56 Å². The zero-order valence-corrected chi connectivity index (χ0v) is 14.5. The number of hydrogen-bond donors (Lipinski definition) is 2. The summed E-state index contributed by atoms with van der Waals surface area (Å²) < 4.78 is 15.3. The molecule has 0 aliphatic carbocycles. The van der Waals surface area contributed by atoms with E-state index in [-0.39, 0.29) is 18.9 Å². The van der Waals surface area contributed by atoms with Gasteiger partial charge in [0.05, 0.1) is 20.8 Å². The van der Waals surface area contributed by atoms with Gasteiger partial charge in [-0.05, 0) is 31.4 Å². The van der Waals surface area contributed by atoms with Crippen molar-refractivity contribution in [3.05, 3.63) is 23.8 Å². The molecule has 0 radical (unpaired) electrons. The highest BCUT2D eigenvalue weighted by atomic mass is 16.5. The van der Waals surface area contributed by atoms with Gasteiger partial charge in [0.2, 0.25) is 5.91 Å². The van der Waals surface area contributed by atoms with Crippen molar-refractivity contribution in [2.75, 3.05) is 27.9 Å². The number of carbonyl (C=O) groups excluding carboxylic acids is 1. The molecule has 0 saturated heterocycles. The molecule has 0 saturated carbocycles. The molecule has 0 spiro atoms. The fourth-order valence-corrected chi connectivity index (χ4v) is 2.31. The highest BCUT2D eigenvalue weighted by Crippen LogP contribution is 2.25. The van der Waals surface area contributed by atoms with Crippen molar-refractivity contribution in [3.8, 4) is 11.5 Å². The normalized spacial score (nSPS) is 13.0. The number of aliphatic carboxylic acids is 1. The first-order valence-electron chi connectivity index (χ1n) is 7.60. The van der Waals surface area contributed by atoms with E-state index >= 15 is 0 Å². The Bertz CT molecular complexity index is 574. The zero-order chi connectivity index (χ0) is 18.2. The van der Waals surface area contributed by atoms with Gasteiger partial charge < -0.3 is 24.6 Å². The molecule has 1 rings (SSSR count). The van der Waals surface area contributed by atoms with Gasteiger partial charge in [-0.3, -0.25) is 4.79 Å². The molecule has 7 nitrogen and oxygen atoms in total. The van der Waals surface area contributed by atoms with Crippen LogP contribution in [0.25, 0.3) is 0 Å². The van der Waals surface area contributed by atoms with Gasteiger partial charge in [-0.2, -0.15) is 0 Å². The van der Waals surface area contributed by atoms with Gasteiger partial charge >= 0.3 is 5.97 Å². The number of methoxy groups -OCH3 is 3. The molecule has 0 heterocycles. The van der Waals surface area contributed by atoms with Crippen molar-refractivity contribution in [2.24, 2.45) is 0 Å². The summed E-state index contributed by atoms with van der Waals surface area (Å²) in [6.45, 7) is 1.32. The molecule has 0 aromatic heterocycles. The SMILES string of the molecule is COCC(C)(NC(=O)CCCc1ccc(OC)cc1OC)C(=O)O. The second-order valence-corrected chi connectivity index (χ2v) is 5.65. The number of aryl methyl sites for hydroxylation is 1. The number of carbonyl (C=O) groups is 2. The monoisotopic (exact) mass is 339 g/mol. The number of rotatable bonds is 10. The Morgan fingerprint density at radius 2 is 1.92 bits per heavy atom. The summed E-state index contributed by atoms with van der Waals surface area (Å²) in [7, 11) is 4.55. The van der Waals surface area contributed by atoms with E-state index in [1.165, 1.54) is 14.0 Å². The van der Waals surface area contributed by atoms with Crippen LogP contribution < -0.4 is 14.8 Å². The minimum absolute atomic E-state index is 0.0968. The molecule has 1 aromatic carbocycles. The predicted octanol–water partition coefficient (Wildman–Crippen LogP) is 1.63. The Hall–Kier alpha value is -2.28. The minimum Gasteiger partial charge on any atom is -0.497 e. The van der Waals surface area contributed by atoms with Gasteiger partial charge in [0, 0.05) is 19.6 Å². The van der Waals surface area contributed by atoms with E-state index in [2.05, 4.69) is 5.32 Å². The smallest absolute Gasteiger partial charge is 0.331 e. The van der Waals surface area contributed by atoms with Crippen LogP contribution in [0.3, 0.4) is 0 Å². The maximum absolute atomic E-state index is 12.0. The van der Waals surface area contributed by atoms with E-state index in [9.17, 15) is 14.7 Å². The predicted molar refractivity (Wildman–Crippen MR) is 88.5 cm³/mol. The van der Waals surface area contributed by atoms with Crippen LogP contribution in [0.2, 0.25) is 0 Å². The van der Waals surface area contributed by atoms with Crippen molar-refractivity contribution in [3.63, 3.8) is 0 Å². The van der Waals surface area contributed by atoms with Gasteiger partial charge in [0.25, 0.3) is 0 Å². The third-order valence-corrected chi connectivity index (χ3v) is 3.66. The average Bonchev–Trinajstić information content (AvgIpc) is 2.55. The lowest BCUT2D eigenvalue weighted by atomic mass is 10.0. The number of carboxylic acid groups (broad SMARTS) is 1. The molecule has 7 heteroatoms. The number of ether oxygens (including phenoxy) is 3. The Kier molecular flexibility index (Phi) is 7.51. The molecule has 1 amide bonds. The lowest BCUT2D eigenvalue weighted by molar-refractivity contribution is -0.149. The van der Waals surface area contributed by atoms with Crippen LogP contribution in [0.15, 0.2) is 18.2 Å². The largest absolute Gasteiger partial charge is 0.497 e. The van der Waals surface area contributed by atoms with E-state index in [0.29, 0.717) is 24.3 Å². The summed E-state index contributed by atoms with van der Waals surface area (Å²) in [5.74, 6) is -0.0615. The molecule has 0 aliphatic heterocycles. The van der Waals surface area contributed by atoms with E-state index < -0.39 is 11.5 Å².